The molecular formula is C11H15F3N4. The van der Waals surface area contributed by atoms with E-state index >= 15 is 0 Å². The number of anilines is 1. The van der Waals surface area contributed by atoms with E-state index in [2.05, 4.69) is 20.6 Å². The highest BCUT2D eigenvalue weighted by Gasteiger charge is 2.32. The maximum absolute atomic E-state index is 12.3. The van der Waals surface area contributed by atoms with Crippen molar-refractivity contribution in [1.82, 2.24) is 15.3 Å². The van der Waals surface area contributed by atoms with Crippen molar-refractivity contribution < 1.29 is 13.2 Å². The molecule has 2 rings (SSSR count). The Morgan fingerprint density at radius 1 is 1.33 bits per heavy atom. The van der Waals surface area contributed by atoms with Crippen molar-refractivity contribution in [3.8, 4) is 0 Å². The lowest BCUT2D eigenvalue weighted by atomic mass is 10.00. The molecule has 0 amide bonds. The Bertz CT molecular complexity index is 390. The van der Waals surface area contributed by atoms with Gasteiger partial charge in [-0.25, -0.2) is 9.97 Å². The van der Waals surface area contributed by atoms with Crippen molar-refractivity contribution in [3.63, 3.8) is 0 Å². The van der Waals surface area contributed by atoms with Crippen molar-refractivity contribution in [2.24, 2.45) is 0 Å². The number of hydrogen-bond acceptors (Lipinski definition) is 4. The summed E-state index contributed by atoms with van der Waals surface area (Å²) in [6, 6.07) is 0.438. The molecule has 0 radical (unpaired) electrons. The van der Waals surface area contributed by atoms with Crippen LogP contribution in [0.2, 0.25) is 0 Å². The van der Waals surface area contributed by atoms with E-state index in [1.54, 1.807) is 0 Å². The van der Waals surface area contributed by atoms with Gasteiger partial charge >= 0.3 is 6.18 Å². The number of halogens is 3. The molecule has 1 aliphatic rings. The Balaban J connectivity index is 2.02. The molecule has 100 valence electrons. The number of nitrogens with zero attached hydrogens (tertiary/aromatic N) is 2. The van der Waals surface area contributed by atoms with Crippen LogP contribution < -0.4 is 10.6 Å². The normalized spacial score (nSPS) is 24.9. The molecule has 1 aliphatic heterocycles. The van der Waals surface area contributed by atoms with Crippen molar-refractivity contribution in [1.29, 1.82) is 0 Å². The van der Waals surface area contributed by atoms with Gasteiger partial charge in [0.15, 0.2) is 5.69 Å². The van der Waals surface area contributed by atoms with E-state index < -0.39 is 11.9 Å². The van der Waals surface area contributed by atoms with Gasteiger partial charge in [0.2, 0.25) is 0 Å². The lowest BCUT2D eigenvalue weighted by Crippen LogP contribution is -2.46. The number of alkyl halides is 3. The molecule has 2 atom stereocenters. The Hall–Kier alpha value is -1.37. The van der Waals surface area contributed by atoms with E-state index in [-0.39, 0.29) is 12.1 Å². The van der Waals surface area contributed by atoms with Gasteiger partial charge in [0.25, 0.3) is 0 Å². The van der Waals surface area contributed by atoms with Crippen LogP contribution in [-0.2, 0) is 6.18 Å². The van der Waals surface area contributed by atoms with Gasteiger partial charge in [-0.1, -0.05) is 0 Å². The zero-order chi connectivity index (χ0) is 13.2. The third-order valence-corrected chi connectivity index (χ3v) is 3.04. The Labute approximate surface area is 103 Å². The summed E-state index contributed by atoms with van der Waals surface area (Å²) in [6.07, 6.45) is -0.550. The fourth-order valence-corrected chi connectivity index (χ4v) is 1.98. The predicted octanol–water partition coefficient (Wildman–Crippen LogP) is 2.05. The summed E-state index contributed by atoms with van der Waals surface area (Å²) in [4.78, 5) is 7.12. The summed E-state index contributed by atoms with van der Waals surface area (Å²) in [7, 11) is 0. The molecule has 0 saturated carbocycles. The highest BCUT2D eigenvalue weighted by Crippen LogP contribution is 2.27. The van der Waals surface area contributed by atoms with Gasteiger partial charge in [-0.2, -0.15) is 13.2 Å². The van der Waals surface area contributed by atoms with Crippen LogP contribution >= 0.6 is 0 Å². The van der Waals surface area contributed by atoms with Gasteiger partial charge in [-0.05, 0) is 26.3 Å². The van der Waals surface area contributed by atoms with Crippen molar-refractivity contribution >= 4 is 5.82 Å². The first-order chi connectivity index (χ1) is 8.47. The molecule has 1 fully saturated rings. The van der Waals surface area contributed by atoms with Gasteiger partial charge in [-0.3, -0.25) is 0 Å². The average Bonchev–Trinajstić information content (AvgIpc) is 2.32. The fourth-order valence-electron chi connectivity index (χ4n) is 1.98. The molecule has 1 aromatic rings. The molecule has 0 bridgehead atoms. The van der Waals surface area contributed by atoms with Crippen LogP contribution in [0.15, 0.2) is 12.4 Å². The van der Waals surface area contributed by atoms with Crippen LogP contribution in [0.3, 0.4) is 0 Å². The third-order valence-electron chi connectivity index (χ3n) is 3.04. The van der Waals surface area contributed by atoms with E-state index in [1.165, 1.54) is 0 Å². The standard InChI is InChI=1S/C11H15F3N4/c1-7-8(3-2-4-15-7)18-10-6-16-9(5-17-10)11(12,13)14/h5-8,15H,2-4H2,1H3,(H,17,18)/t7-,8+/m0/s1. The number of nitrogens with one attached hydrogen (secondary N) is 2. The lowest BCUT2D eigenvalue weighted by Gasteiger charge is -2.30. The first-order valence-corrected chi connectivity index (χ1v) is 5.86. The van der Waals surface area contributed by atoms with Gasteiger partial charge in [0.1, 0.15) is 5.82 Å². The van der Waals surface area contributed by atoms with E-state index in [4.69, 9.17) is 0 Å². The zero-order valence-electron chi connectivity index (χ0n) is 9.96. The van der Waals surface area contributed by atoms with Gasteiger partial charge in [-0.15, -0.1) is 0 Å². The lowest BCUT2D eigenvalue weighted by molar-refractivity contribution is -0.141. The van der Waals surface area contributed by atoms with Crippen molar-refractivity contribution in [2.75, 3.05) is 11.9 Å². The summed E-state index contributed by atoms with van der Waals surface area (Å²) in [5, 5.41) is 6.40. The molecule has 7 heteroatoms. The largest absolute Gasteiger partial charge is 0.434 e. The second kappa shape index (κ2) is 5.09. The van der Waals surface area contributed by atoms with E-state index in [9.17, 15) is 13.2 Å². The summed E-state index contributed by atoms with van der Waals surface area (Å²) < 4.78 is 36.9. The van der Waals surface area contributed by atoms with E-state index in [0.717, 1.165) is 31.8 Å². The Kier molecular flexibility index (Phi) is 3.70. The quantitative estimate of drug-likeness (QED) is 0.854. The number of rotatable bonds is 2. The molecule has 2 N–H and O–H groups in total. The molecule has 2 heterocycles. The fraction of sp³-hybridized carbons (Fsp3) is 0.636. The monoisotopic (exact) mass is 260 g/mol. The topological polar surface area (TPSA) is 49.8 Å². The number of hydrogen-bond donors (Lipinski definition) is 2. The summed E-state index contributed by atoms with van der Waals surface area (Å²) >= 11 is 0. The summed E-state index contributed by atoms with van der Waals surface area (Å²) in [5.74, 6) is 0.378. The maximum atomic E-state index is 12.3. The summed E-state index contributed by atoms with van der Waals surface area (Å²) in [6.45, 7) is 3.01. The van der Waals surface area contributed by atoms with E-state index in [0.29, 0.717) is 5.82 Å². The Morgan fingerprint density at radius 2 is 2.11 bits per heavy atom. The minimum absolute atomic E-state index is 0.171. The first kappa shape index (κ1) is 13.1. The second-order valence-corrected chi connectivity index (χ2v) is 4.42. The molecule has 0 unspecified atom stereocenters. The van der Waals surface area contributed by atoms with Crippen molar-refractivity contribution in [3.05, 3.63) is 18.1 Å². The maximum Gasteiger partial charge on any atom is 0.434 e. The number of aromatic nitrogens is 2. The van der Waals surface area contributed by atoms with Crippen LogP contribution in [0.5, 0.6) is 0 Å². The van der Waals surface area contributed by atoms with Crippen LogP contribution in [0.4, 0.5) is 19.0 Å². The van der Waals surface area contributed by atoms with Crippen LogP contribution in [0.25, 0.3) is 0 Å². The minimum atomic E-state index is -4.44. The second-order valence-electron chi connectivity index (χ2n) is 4.42. The smallest absolute Gasteiger partial charge is 0.365 e. The molecule has 0 spiro atoms. The summed E-state index contributed by atoms with van der Waals surface area (Å²) in [5.41, 5.74) is -0.970. The molecule has 1 saturated heterocycles. The molecule has 0 aromatic carbocycles. The van der Waals surface area contributed by atoms with Crippen molar-refractivity contribution in [2.45, 2.75) is 38.0 Å². The number of piperidine rings is 1. The zero-order valence-corrected chi connectivity index (χ0v) is 9.96. The van der Waals surface area contributed by atoms with E-state index in [1.807, 2.05) is 6.92 Å². The molecule has 4 nitrogen and oxygen atoms in total. The SMILES string of the molecule is C[C@@H]1NCCC[C@H]1Nc1cnc(C(F)(F)F)cn1. The highest BCUT2D eigenvalue weighted by molar-refractivity contribution is 5.33. The molecule has 18 heavy (non-hydrogen) atoms. The first-order valence-electron chi connectivity index (χ1n) is 5.86. The van der Waals surface area contributed by atoms with Crippen LogP contribution in [-0.4, -0.2) is 28.6 Å². The van der Waals surface area contributed by atoms with Crippen LogP contribution in [0.1, 0.15) is 25.5 Å². The molecule has 1 aromatic heterocycles. The van der Waals surface area contributed by atoms with Gasteiger partial charge in [0, 0.05) is 12.1 Å². The molecular weight excluding hydrogens is 245 g/mol. The average molecular weight is 260 g/mol. The van der Waals surface area contributed by atoms with Gasteiger partial charge in [0.05, 0.1) is 12.4 Å². The van der Waals surface area contributed by atoms with Gasteiger partial charge < -0.3 is 10.6 Å². The highest BCUT2D eigenvalue weighted by atomic mass is 19.4. The Morgan fingerprint density at radius 3 is 2.67 bits per heavy atom. The molecule has 0 aliphatic carbocycles. The minimum Gasteiger partial charge on any atom is -0.365 e. The van der Waals surface area contributed by atoms with Crippen LogP contribution in [0, 0.1) is 0 Å². The predicted molar refractivity (Wildman–Crippen MR) is 61.1 cm³/mol. The third kappa shape index (κ3) is 3.10.